The van der Waals surface area contributed by atoms with Gasteiger partial charge in [-0.1, -0.05) is 67.6 Å². The van der Waals surface area contributed by atoms with Crippen molar-refractivity contribution in [3.05, 3.63) is 58.6 Å². The highest BCUT2D eigenvalue weighted by Gasteiger charge is 2.34. The molecule has 1 heterocycles. The molecular weight excluding hydrogens is 344 g/mol. The first-order valence-corrected chi connectivity index (χ1v) is 9.52. The van der Waals surface area contributed by atoms with Crippen LogP contribution in [0.25, 0.3) is 10.8 Å². The maximum Gasteiger partial charge on any atom is 0.230 e. The lowest BCUT2D eigenvalue weighted by atomic mass is 9.78. The zero-order chi connectivity index (χ0) is 18.3. The molecule has 0 spiro atoms. The molecule has 3 aromatic rings. The Bertz CT molecular complexity index is 1020. The molecule has 1 aliphatic carbocycles. The second-order valence-electron chi connectivity index (χ2n) is 7.64. The number of ketones is 1. The molecule has 26 heavy (non-hydrogen) atoms. The number of amides is 1. The van der Waals surface area contributed by atoms with Crippen molar-refractivity contribution in [1.82, 2.24) is 4.98 Å². The van der Waals surface area contributed by atoms with Gasteiger partial charge in [-0.15, -0.1) is 0 Å². The number of carbonyl (C=O) groups is 2. The second kappa shape index (κ2) is 6.32. The number of thiazole rings is 1. The molecule has 4 nitrogen and oxygen atoms in total. The average molecular weight is 364 g/mol. The van der Waals surface area contributed by atoms with Crippen molar-refractivity contribution < 1.29 is 9.59 Å². The number of rotatable bonds is 3. The van der Waals surface area contributed by atoms with E-state index in [2.05, 4.69) is 30.2 Å². The molecule has 0 fully saturated rings. The highest BCUT2D eigenvalue weighted by Crippen LogP contribution is 2.38. The summed E-state index contributed by atoms with van der Waals surface area (Å²) < 4.78 is 0. The molecule has 0 radical (unpaired) electrons. The Hall–Kier alpha value is -2.53. The number of hydrogen-bond donors (Lipinski definition) is 1. The fourth-order valence-electron chi connectivity index (χ4n) is 3.47. The molecule has 0 atom stereocenters. The average Bonchev–Trinajstić information content (AvgIpc) is 2.95. The monoisotopic (exact) mass is 364 g/mol. The van der Waals surface area contributed by atoms with Crippen LogP contribution in [0.2, 0.25) is 0 Å². The molecule has 1 amide bonds. The van der Waals surface area contributed by atoms with Crippen LogP contribution in [0.15, 0.2) is 42.5 Å². The Morgan fingerprint density at radius 3 is 2.73 bits per heavy atom. The smallest absolute Gasteiger partial charge is 0.230 e. The zero-order valence-corrected chi connectivity index (χ0v) is 15.7. The number of fused-ring (bicyclic) bond motifs is 2. The number of Topliss-reactive ketones (excluding diaryl/α,β-unsaturated/α-hetero) is 1. The molecule has 1 aromatic heterocycles. The highest BCUT2D eigenvalue weighted by atomic mass is 32.1. The van der Waals surface area contributed by atoms with Crippen LogP contribution in [0.4, 0.5) is 5.13 Å². The van der Waals surface area contributed by atoms with Crippen LogP contribution in [0.1, 0.15) is 41.2 Å². The van der Waals surface area contributed by atoms with E-state index in [0.29, 0.717) is 16.4 Å². The maximum atomic E-state index is 12.4. The second-order valence-corrected chi connectivity index (χ2v) is 8.64. The van der Waals surface area contributed by atoms with Gasteiger partial charge in [-0.25, -0.2) is 4.98 Å². The minimum atomic E-state index is -0.113. The number of carbonyl (C=O) groups excluding carboxylic acids is 2. The normalized spacial score (nSPS) is 15.7. The van der Waals surface area contributed by atoms with Gasteiger partial charge in [0.25, 0.3) is 0 Å². The van der Waals surface area contributed by atoms with Gasteiger partial charge in [0.2, 0.25) is 5.91 Å². The van der Waals surface area contributed by atoms with Crippen LogP contribution in [0.5, 0.6) is 0 Å². The molecule has 0 unspecified atom stereocenters. The van der Waals surface area contributed by atoms with Gasteiger partial charge in [0.05, 0.1) is 17.0 Å². The molecule has 0 saturated heterocycles. The minimum absolute atomic E-state index is 0.0649. The Balaban J connectivity index is 1.49. The van der Waals surface area contributed by atoms with Gasteiger partial charge in [0.15, 0.2) is 10.9 Å². The first-order chi connectivity index (χ1) is 12.4. The predicted molar refractivity (Wildman–Crippen MR) is 105 cm³/mol. The van der Waals surface area contributed by atoms with Crippen LogP contribution in [-0.2, 0) is 17.6 Å². The first kappa shape index (κ1) is 16.9. The number of anilines is 1. The van der Waals surface area contributed by atoms with Crippen molar-refractivity contribution in [3.63, 3.8) is 0 Å². The summed E-state index contributed by atoms with van der Waals surface area (Å²) in [7, 11) is 0. The van der Waals surface area contributed by atoms with E-state index in [9.17, 15) is 9.59 Å². The van der Waals surface area contributed by atoms with E-state index >= 15 is 0 Å². The van der Waals surface area contributed by atoms with Crippen molar-refractivity contribution in [2.45, 2.75) is 33.1 Å². The minimum Gasteiger partial charge on any atom is -0.302 e. The van der Waals surface area contributed by atoms with Gasteiger partial charge in [0, 0.05) is 6.42 Å². The fraction of sp³-hybridized carbons (Fsp3) is 0.286. The molecule has 1 aliphatic rings. The lowest BCUT2D eigenvalue weighted by Crippen LogP contribution is -2.26. The first-order valence-electron chi connectivity index (χ1n) is 8.70. The third-order valence-electron chi connectivity index (χ3n) is 4.66. The van der Waals surface area contributed by atoms with E-state index in [1.807, 2.05) is 36.4 Å². The fourth-order valence-corrected chi connectivity index (χ4v) is 4.41. The Morgan fingerprint density at radius 2 is 1.92 bits per heavy atom. The Kier molecular flexibility index (Phi) is 4.11. The SMILES string of the molecule is CC1(C)CC(=O)c2sc(NC(=O)Cc3ccc4ccccc4c3)nc2C1. The van der Waals surface area contributed by atoms with Crippen LogP contribution in [-0.4, -0.2) is 16.7 Å². The number of benzene rings is 2. The molecule has 0 bridgehead atoms. The number of aromatic nitrogens is 1. The van der Waals surface area contributed by atoms with Gasteiger partial charge < -0.3 is 5.32 Å². The lowest BCUT2D eigenvalue weighted by molar-refractivity contribution is -0.115. The third kappa shape index (κ3) is 3.40. The highest BCUT2D eigenvalue weighted by molar-refractivity contribution is 7.17. The van der Waals surface area contributed by atoms with Gasteiger partial charge >= 0.3 is 0 Å². The molecule has 5 heteroatoms. The number of nitrogens with one attached hydrogen (secondary N) is 1. The van der Waals surface area contributed by atoms with Crippen LogP contribution in [0.3, 0.4) is 0 Å². The van der Waals surface area contributed by atoms with Gasteiger partial charge in [-0.3, -0.25) is 9.59 Å². The maximum absolute atomic E-state index is 12.4. The van der Waals surface area contributed by atoms with E-state index < -0.39 is 0 Å². The molecule has 0 saturated carbocycles. The largest absolute Gasteiger partial charge is 0.302 e. The predicted octanol–water partition coefficient (Wildman–Crippen LogP) is 4.63. The molecule has 2 aromatic carbocycles. The van der Waals surface area contributed by atoms with E-state index in [-0.39, 0.29) is 23.5 Å². The topological polar surface area (TPSA) is 59.1 Å². The summed E-state index contributed by atoms with van der Waals surface area (Å²) in [5.74, 6) is 0.0156. The molecule has 4 rings (SSSR count). The summed E-state index contributed by atoms with van der Waals surface area (Å²) in [5.41, 5.74) is 1.71. The van der Waals surface area contributed by atoms with Crippen molar-refractivity contribution in [2.24, 2.45) is 5.41 Å². The Labute approximate surface area is 156 Å². The lowest BCUT2D eigenvalue weighted by Gasteiger charge is -2.26. The van der Waals surface area contributed by atoms with Gasteiger partial charge in [-0.2, -0.15) is 0 Å². The number of nitrogens with zero attached hydrogens (tertiary/aromatic N) is 1. The summed E-state index contributed by atoms with van der Waals surface area (Å²) in [6, 6.07) is 14.1. The van der Waals surface area contributed by atoms with Crippen LogP contribution < -0.4 is 5.32 Å². The molecule has 132 valence electrons. The third-order valence-corrected chi connectivity index (χ3v) is 5.71. The van der Waals surface area contributed by atoms with E-state index in [4.69, 9.17) is 0 Å². The molecule has 1 N–H and O–H groups in total. The standard InChI is InChI=1S/C21H20N2O2S/c1-21(2)11-16-19(17(24)12-21)26-20(22-16)23-18(25)10-13-7-8-14-5-3-4-6-15(14)9-13/h3-9H,10-12H2,1-2H3,(H,22,23,25). The van der Waals surface area contributed by atoms with Crippen molar-refractivity contribution in [3.8, 4) is 0 Å². The van der Waals surface area contributed by atoms with E-state index in [0.717, 1.165) is 28.5 Å². The summed E-state index contributed by atoms with van der Waals surface area (Å²) >= 11 is 1.29. The summed E-state index contributed by atoms with van der Waals surface area (Å²) in [4.78, 5) is 29.9. The summed E-state index contributed by atoms with van der Waals surface area (Å²) in [6.07, 6.45) is 1.59. The van der Waals surface area contributed by atoms with Gasteiger partial charge in [-0.05, 0) is 28.2 Å². The number of hydrogen-bond acceptors (Lipinski definition) is 4. The summed E-state index contributed by atoms with van der Waals surface area (Å²) in [5, 5.41) is 5.66. The van der Waals surface area contributed by atoms with Crippen LogP contribution >= 0.6 is 11.3 Å². The van der Waals surface area contributed by atoms with E-state index in [1.54, 1.807) is 0 Å². The molecule has 0 aliphatic heterocycles. The van der Waals surface area contributed by atoms with Crippen molar-refractivity contribution in [1.29, 1.82) is 0 Å². The molecular formula is C21H20N2O2S. The Morgan fingerprint density at radius 1 is 1.15 bits per heavy atom. The van der Waals surface area contributed by atoms with Gasteiger partial charge in [0.1, 0.15) is 0 Å². The zero-order valence-electron chi connectivity index (χ0n) is 14.8. The quantitative estimate of drug-likeness (QED) is 0.737. The van der Waals surface area contributed by atoms with Crippen LogP contribution in [0, 0.1) is 5.41 Å². The van der Waals surface area contributed by atoms with E-state index in [1.165, 1.54) is 11.3 Å². The summed E-state index contributed by atoms with van der Waals surface area (Å²) in [6.45, 7) is 4.15. The van der Waals surface area contributed by atoms with Crippen molar-refractivity contribution in [2.75, 3.05) is 5.32 Å². The van der Waals surface area contributed by atoms with Crippen molar-refractivity contribution >= 4 is 38.9 Å².